The maximum Gasteiger partial charge on any atom is 0.416 e. The summed E-state index contributed by atoms with van der Waals surface area (Å²) in [6, 6.07) is 12.3. The Morgan fingerprint density at radius 2 is 1.69 bits per heavy atom. The van der Waals surface area contributed by atoms with Crippen molar-refractivity contribution in [3.63, 3.8) is 0 Å². The van der Waals surface area contributed by atoms with E-state index < -0.39 is 40.9 Å². The SMILES string of the molecule is CCN(CC)C(=O)Oc1ccc2c(ccn2Cc2ccccc2F)c1NC(=O)c1cc(F)cc(C(F)(F)F)c1. The minimum Gasteiger partial charge on any atom is -0.408 e. The number of nitrogens with zero attached hydrogens (tertiary/aromatic N) is 2. The summed E-state index contributed by atoms with van der Waals surface area (Å²) in [6.45, 7) is 4.34. The lowest BCUT2D eigenvalue weighted by atomic mass is 10.1. The summed E-state index contributed by atoms with van der Waals surface area (Å²) in [6.07, 6.45) is -3.94. The van der Waals surface area contributed by atoms with E-state index in [2.05, 4.69) is 5.32 Å². The molecule has 0 fully saturated rings. The first kappa shape index (κ1) is 27.6. The van der Waals surface area contributed by atoms with Gasteiger partial charge in [0, 0.05) is 35.8 Å². The second kappa shape index (κ2) is 11.1. The summed E-state index contributed by atoms with van der Waals surface area (Å²) in [5.74, 6) is -2.76. The molecule has 0 bridgehead atoms. The summed E-state index contributed by atoms with van der Waals surface area (Å²) >= 11 is 0. The molecule has 204 valence electrons. The van der Waals surface area contributed by atoms with Gasteiger partial charge < -0.3 is 19.5 Å². The molecule has 3 aromatic carbocycles. The highest BCUT2D eigenvalue weighted by Gasteiger charge is 2.32. The predicted octanol–water partition coefficient (Wildman–Crippen LogP) is 7.08. The second-order valence-electron chi connectivity index (χ2n) is 8.63. The number of hydrogen-bond donors (Lipinski definition) is 1. The molecule has 1 heterocycles. The van der Waals surface area contributed by atoms with Gasteiger partial charge in [-0.25, -0.2) is 13.6 Å². The third-order valence-electron chi connectivity index (χ3n) is 6.16. The number of ether oxygens (including phenoxy) is 1. The van der Waals surface area contributed by atoms with E-state index in [1.165, 1.54) is 17.0 Å². The van der Waals surface area contributed by atoms with Crippen molar-refractivity contribution in [3.05, 3.63) is 95.2 Å². The van der Waals surface area contributed by atoms with Gasteiger partial charge in [-0.1, -0.05) is 18.2 Å². The number of amides is 2. The van der Waals surface area contributed by atoms with Crippen LogP contribution in [-0.2, 0) is 12.7 Å². The van der Waals surface area contributed by atoms with E-state index in [0.717, 1.165) is 0 Å². The molecule has 11 heteroatoms. The molecule has 0 aliphatic carbocycles. The molecule has 0 unspecified atom stereocenters. The Bertz CT molecular complexity index is 1530. The Morgan fingerprint density at radius 1 is 0.974 bits per heavy atom. The maximum atomic E-state index is 14.3. The van der Waals surface area contributed by atoms with E-state index in [0.29, 0.717) is 41.7 Å². The smallest absolute Gasteiger partial charge is 0.408 e. The Balaban J connectivity index is 1.77. The van der Waals surface area contributed by atoms with Gasteiger partial charge in [-0.05, 0) is 56.3 Å². The van der Waals surface area contributed by atoms with Crippen molar-refractivity contribution in [3.8, 4) is 5.75 Å². The zero-order valence-corrected chi connectivity index (χ0v) is 21.0. The van der Waals surface area contributed by atoms with Crippen molar-refractivity contribution in [1.82, 2.24) is 9.47 Å². The molecule has 4 aromatic rings. The quantitative estimate of drug-likeness (QED) is 0.253. The highest BCUT2D eigenvalue weighted by Crippen LogP contribution is 2.36. The van der Waals surface area contributed by atoms with E-state index in [-0.39, 0.29) is 24.0 Å². The molecule has 0 atom stereocenters. The van der Waals surface area contributed by atoms with Crippen LogP contribution in [0.5, 0.6) is 5.75 Å². The van der Waals surface area contributed by atoms with Crippen molar-refractivity contribution in [2.75, 3.05) is 18.4 Å². The average molecular weight is 546 g/mol. The molecule has 0 saturated heterocycles. The maximum absolute atomic E-state index is 14.3. The van der Waals surface area contributed by atoms with Crippen LogP contribution >= 0.6 is 0 Å². The first-order valence-corrected chi connectivity index (χ1v) is 12.0. The molecular weight excluding hydrogens is 521 g/mol. The average Bonchev–Trinajstić information content (AvgIpc) is 3.29. The van der Waals surface area contributed by atoms with Crippen LogP contribution in [0.15, 0.2) is 66.9 Å². The first-order valence-electron chi connectivity index (χ1n) is 12.0. The fraction of sp³-hybridized carbons (Fsp3) is 0.214. The van der Waals surface area contributed by atoms with E-state index in [4.69, 9.17) is 4.74 Å². The van der Waals surface area contributed by atoms with Crippen LogP contribution in [0.2, 0.25) is 0 Å². The number of aromatic nitrogens is 1. The van der Waals surface area contributed by atoms with Gasteiger partial charge in [0.15, 0.2) is 5.75 Å². The Hall–Kier alpha value is -4.41. The number of halogens is 5. The zero-order chi connectivity index (χ0) is 28.3. The topological polar surface area (TPSA) is 63.6 Å². The van der Waals surface area contributed by atoms with Crippen LogP contribution in [0.25, 0.3) is 10.9 Å². The van der Waals surface area contributed by atoms with Gasteiger partial charge in [-0.3, -0.25) is 4.79 Å². The molecule has 0 radical (unpaired) electrons. The van der Waals surface area contributed by atoms with E-state index >= 15 is 0 Å². The van der Waals surface area contributed by atoms with Gasteiger partial charge in [0.05, 0.1) is 23.3 Å². The molecule has 2 amide bonds. The number of rotatable bonds is 7. The molecule has 1 aromatic heterocycles. The summed E-state index contributed by atoms with van der Waals surface area (Å²) in [4.78, 5) is 27.1. The zero-order valence-electron chi connectivity index (χ0n) is 21.0. The highest BCUT2D eigenvalue weighted by molar-refractivity contribution is 6.10. The summed E-state index contributed by atoms with van der Waals surface area (Å²) in [5, 5.41) is 2.86. The summed E-state index contributed by atoms with van der Waals surface area (Å²) in [5.41, 5.74) is -0.993. The fourth-order valence-electron chi connectivity index (χ4n) is 4.13. The minimum absolute atomic E-state index is 0.0110. The second-order valence-corrected chi connectivity index (χ2v) is 8.63. The van der Waals surface area contributed by atoms with Crippen LogP contribution in [0, 0.1) is 11.6 Å². The molecule has 0 saturated carbocycles. The summed E-state index contributed by atoms with van der Waals surface area (Å²) in [7, 11) is 0. The van der Waals surface area contributed by atoms with Crippen molar-refractivity contribution in [2.24, 2.45) is 0 Å². The number of nitrogens with one attached hydrogen (secondary N) is 1. The fourth-order valence-corrected chi connectivity index (χ4v) is 4.13. The molecule has 1 N–H and O–H groups in total. The number of carbonyl (C=O) groups is 2. The minimum atomic E-state index is -4.87. The van der Waals surface area contributed by atoms with Gasteiger partial charge in [-0.15, -0.1) is 0 Å². The van der Waals surface area contributed by atoms with Gasteiger partial charge in [0.2, 0.25) is 0 Å². The molecule has 4 rings (SSSR count). The van der Waals surface area contributed by atoms with Crippen molar-refractivity contribution >= 4 is 28.6 Å². The Labute approximate surface area is 220 Å². The number of alkyl halides is 3. The highest BCUT2D eigenvalue weighted by atomic mass is 19.4. The van der Waals surface area contributed by atoms with Crippen LogP contribution < -0.4 is 10.1 Å². The number of anilines is 1. The van der Waals surface area contributed by atoms with Crippen molar-refractivity contribution < 1.29 is 36.3 Å². The number of carbonyl (C=O) groups excluding carboxylic acids is 2. The van der Waals surface area contributed by atoms with E-state index in [1.54, 1.807) is 54.9 Å². The third kappa shape index (κ3) is 6.02. The Morgan fingerprint density at radius 3 is 2.36 bits per heavy atom. The standard InChI is InChI=1S/C28H24F5N3O3/c1-3-35(4-2)27(38)39-24-10-9-23-21(11-12-36(23)16-17-7-5-6-8-22(17)30)25(24)34-26(37)18-13-19(28(31,32)33)15-20(29)14-18/h5-15H,3-4,16H2,1-2H3,(H,34,37). The molecule has 39 heavy (non-hydrogen) atoms. The number of benzene rings is 3. The van der Waals surface area contributed by atoms with Crippen LogP contribution in [-0.4, -0.2) is 34.6 Å². The lowest BCUT2D eigenvalue weighted by molar-refractivity contribution is -0.137. The lowest BCUT2D eigenvalue weighted by Gasteiger charge is -2.20. The van der Waals surface area contributed by atoms with Crippen LogP contribution in [0.4, 0.5) is 32.4 Å². The molecule has 0 aliphatic heterocycles. The lowest BCUT2D eigenvalue weighted by Crippen LogP contribution is -2.33. The van der Waals surface area contributed by atoms with Crippen LogP contribution in [0.3, 0.4) is 0 Å². The van der Waals surface area contributed by atoms with Gasteiger partial charge in [-0.2, -0.15) is 13.2 Å². The van der Waals surface area contributed by atoms with Gasteiger partial charge >= 0.3 is 12.3 Å². The molecule has 0 spiro atoms. The van der Waals surface area contributed by atoms with Gasteiger partial charge in [0.1, 0.15) is 11.6 Å². The molecular formula is C28H24F5N3O3. The predicted molar refractivity (Wildman–Crippen MR) is 136 cm³/mol. The summed E-state index contributed by atoms with van der Waals surface area (Å²) < 4.78 is 75.1. The largest absolute Gasteiger partial charge is 0.416 e. The van der Waals surface area contributed by atoms with E-state index in [1.807, 2.05) is 0 Å². The van der Waals surface area contributed by atoms with Gasteiger partial charge in [0.25, 0.3) is 5.91 Å². The van der Waals surface area contributed by atoms with Crippen molar-refractivity contribution in [1.29, 1.82) is 0 Å². The molecule has 6 nitrogen and oxygen atoms in total. The van der Waals surface area contributed by atoms with Crippen molar-refractivity contribution in [2.45, 2.75) is 26.6 Å². The normalized spacial score (nSPS) is 11.5. The first-order chi connectivity index (χ1) is 18.5. The monoisotopic (exact) mass is 545 g/mol. The van der Waals surface area contributed by atoms with Crippen LogP contribution in [0.1, 0.15) is 35.3 Å². The Kier molecular flexibility index (Phi) is 7.89. The van der Waals surface area contributed by atoms with E-state index in [9.17, 15) is 31.5 Å². The number of fused-ring (bicyclic) bond motifs is 1. The third-order valence-corrected chi connectivity index (χ3v) is 6.16. The number of hydrogen-bond acceptors (Lipinski definition) is 3. The molecule has 0 aliphatic rings.